The largest absolute Gasteiger partial charge is 0.481 e. The van der Waals surface area contributed by atoms with E-state index in [9.17, 15) is 23.2 Å². The first-order valence-corrected chi connectivity index (χ1v) is 9.30. The smallest absolute Gasteiger partial charge is 0.303 e. The average Bonchev–Trinajstić information content (AvgIpc) is 2.98. The molecule has 1 aromatic carbocycles. The number of aliphatic carboxylic acids is 1. The number of unbranched alkanes of at least 4 members (excludes halogenated alkanes) is 3. The van der Waals surface area contributed by atoms with Crippen molar-refractivity contribution in [2.75, 3.05) is 0 Å². The molecule has 1 aliphatic rings. The number of hydrogen-bond acceptors (Lipinski definition) is 3. The Morgan fingerprint density at radius 1 is 1.11 bits per heavy atom. The summed E-state index contributed by atoms with van der Waals surface area (Å²) < 4.78 is 26.2. The Bertz CT molecular complexity index is 727. The monoisotopic (exact) mass is 378 g/mol. The molecule has 4 nitrogen and oxygen atoms in total. The van der Waals surface area contributed by atoms with Crippen molar-refractivity contribution < 1.29 is 28.3 Å². The van der Waals surface area contributed by atoms with E-state index in [1.165, 1.54) is 12.1 Å². The van der Waals surface area contributed by atoms with E-state index in [-0.39, 0.29) is 29.6 Å². The lowest BCUT2D eigenvalue weighted by Gasteiger charge is -2.14. The molecule has 0 amide bonds. The fourth-order valence-electron chi connectivity index (χ4n) is 3.49. The molecule has 0 bridgehead atoms. The van der Waals surface area contributed by atoms with E-state index < -0.39 is 23.4 Å². The van der Waals surface area contributed by atoms with Gasteiger partial charge in [-0.25, -0.2) is 8.78 Å². The summed E-state index contributed by atoms with van der Waals surface area (Å²) in [5.74, 6) is -3.23. The Balaban J connectivity index is 1.85. The molecule has 1 N–H and O–H groups in total. The third-order valence-electron chi connectivity index (χ3n) is 5.01. The third-order valence-corrected chi connectivity index (χ3v) is 5.01. The van der Waals surface area contributed by atoms with E-state index in [0.717, 1.165) is 37.8 Å². The molecule has 0 heterocycles. The SMILES string of the molecule is O=C(O)CCCCCCC1C(=O)CCC1C=CC(=O)c1ccc(F)c(F)c1. The number of carboxylic acid groups (broad SMARTS) is 1. The van der Waals surface area contributed by atoms with Crippen molar-refractivity contribution in [2.45, 2.75) is 51.4 Å². The highest BCUT2D eigenvalue weighted by Gasteiger charge is 2.32. The first kappa shape index (κ1) is 20.9. The topological polar surface area (TPSA) is 71.4 Å². The number of ketones is 2. The highest BCUT2D eigenvalue weighted by atomic mass is 19.2. The number of carbonyl (C=O) groups excluding carboxylic acids is 2. The molecule has 0 aromatic heterocycles. The fraction of sp³-hybridized carbons (Fsp3) is 0.476. The van der Waals surface area contributed by atoms with Gasteiger partial charge in [-0.3, -0.25) is 14.4 Å². The van der Waals surface area contributed by atoms with Gasteiger partial charge >= 0.3 is 5.97 Å². The summed E-state index contributed by atoms with van der Waals surface area (Å²) in [6.45, 7) is 0. The molecule has 2 rings (SSSR count). The number of Topliss-reactive ketones (excluding diaryl/α,β-unsaturated/α-hetero) is 1. The van der Waals surface area contributed by atoms with Gasteiger partial charge in [-0.2, -0.15) is 0 Å². The average molecular weight is 378 g/mol. The van der Waals surface area contributed by atoms with Crippen LogP contribution in [0.3, 0.4) is 0 Å². The second-order valence-corrected chi connectivity index (χ2v) is 6.97. The second kappa shape index (κ2) is 10.1. The molecule has 0 aliphatic heterocycles. The zero-order valence-corrected chi connectivity index (χ0v) is 15.1. The Morgan fingerprint density at radius 3 is 2.56 bits per heavy atom. The zero-order chi connectivity index (χ0) is 19.8. The van der Waals surface area contributed by atoms with Crippen molar-refractivity contribution in [3.05, 3.63) is 47.5 Å². The molecule has 1 saturated carbocycles. The maximum absolute atomic E-state index is 13.2. The van der Waals surface area contributed by atoms with Crippen molar-refractivity contribution in [2.24, 2.45) is 11.8 Å². The molecule has 6 heteroatoms. The van der Waals surface area contributed by atoms with Gasteiger partial charge in [0.2, 0.25) is 0 Å². The van der Waals surface area contributed by atoms with E-state index in [1.54, 1.807) is 6.08 Å². The molecule has 1 aliphatic carbocycles. The van der Waals surface area contributed by atoms with Crippen molar-refractivity contribution in [1.29, 1.82) is 0 Å². The van der Waals surface area contributed by atoms with Crippen LogP contribution >= 0.6 is 0 Å². The standard InChI is InChI=1S/C21H24F2O4/c22-17-10-7-15(13-18(17)23)19(24)11-8-14-9-12-20(25)16(14)5-3-1-2-4-6-21(26)27/h7-8,10-11,13-14,16H,1-6,9,12H2,(H,26,27). The molecular weight excluding hydrogens is 354 g/mol. The number of carboxylic acids is 1. The molecule has 2 atom stereocenters. The molecular formula is C21H24F2O4. The minimum Gasteiger partial charge on any atom is -0.481 e. The fourth-order valence-corrected chi connectivity index (χ4v) is 3.49. The molecule has 1 aromatic rings. The van der Waals surface area contributed by atoms with Gasteiger partial charge in [0.25, 0.3) is 0 Å². The van der Waals surface area contributed by atoms with Gasteiger partial charge in [0.15, 0.2) is 17.4 Å². The van der Waals surface area contributed by atoms with E-state index in [1.807, 2.05) is 0 Å². The minimum absolute atomic E-state index is 0.0224. The van der Waals surface area contributed by atoms with Crippen molar-refractivity contribution in [3.63, 3.8) is 0 Å². The number of benzene rings is 1. The summed E-state index contributed by atoms with van der Waals surface area (Å²) in [5, 5.41) is 8.61. The zero-order valence-electron chi connectivity index (χ0n) is 15.1. The van der Waals surface area contributed by atoms with Crippen molar-refractivity contribution in [1.82, 2.24) is 0 Å². The number of allylic oxidation sites excluding steroid dienone is 2. The summed E-state index contributed by atoms with van der Waals surface area (Å²) in [6, 6.07) is 3.03. The maximum Gasteiger partial charge on any atom is 0.303 e. The van der Waals surface area contributed by atoms with Crippen molar-refractivity contribution >= 4 is 17.5 Å². The van der Waals surface area contributed by atoms with E-state index in [4.69, 9.17) is 5.11 Å². The van der Waals surface area contributed by atoms with Crippen LogP contribution in [-0.2, 0) is 9.59 Å². The Hall–Kier alpha value is -2.37. The van der Waals surface area contributed by atoms with Gasteiger partial charge in [0.1, 0.15) is 5.78 Å². The van der Waals surface area contributed by atoms with Gasteiger partial charge in [0.05, 0.1) is 0 Å². The molecule has 0 radical (unpaired) electrons. The van der Waals surface area contributed by atoms with Gasteiger partial charge in [-0.15, -0.1) is 0 Å². The van der Waals surface area contributed by atoms with Crippen LogP contribution < -0.4 is 0 Å². The summed E-state index contributed by atoms with van der Waals surface area (Å²) in [6.07, 6.45) is 8.29. The van der Waals surface area contributed by atoms with Crippen LogP contribution in [0, 0.1) is 23.5 Å². The number of halogens is 2. The third kappa shape index (κ3) is 6.38. The number of hydrogen-bond donors (Lipinski definition) is 1. The van der Waals surface area contributed by atoms with Crippen LogP contribution in [0.2, 0.25) is 0 Å². The van der Waals surface area contributed by atoms with Crippen LogP contribution in [0.25, 0.3) is 0 Å². The minimum atomic E-state index is -1.06. The lowest BCUT2D eigenvalue weighted by atomic mass is 9.89. The normalized spacial score (nSPS) is 19.7. The first-order valence-electron chi connectivity index (χ1n) is 9.30. The first-order chi connectivity index (χ1) is 12.9. The van der Waals surface area contributed by atoms with Gasteiger partial charge < -0.3 is 5.11 Å². The van der Waals surface area contributed by atoms with Gasteiger partial charge in [0, 0.05) is 24.3 Å². The van der Waals surface area contributed by atoms with Crippen LogP contribution in [0.1, 0.15) is 61.7 Å². The Labute approximate surface area is 157 Å². The lowest BCUT2D eigenvalue weighted by Crippen LogP contribution is -2.13. The van der Waals surface area contributed by atoms with Crippen LogP contribution in [0.15, 0.2) is 30.4 Å². The number of carbonyl (C=O) groups is 3. The molecule has 0 saturated heterocycles. The van der Waals surface area contributed by atoms with E-state index in [0.29, 0.717) is 19.3 Å². The summed E-state index contributed by atoms with van der Waals surface area (Å²) >= 11 is 0. The summed E-state index contributed by atoms with van der Waals surface area (Å²) in [4.78, 5) is 34.7. The van der Waals surface area contributed by atoms with Crippen LogP contribution in [-0.4, -0.2) is 22.6 Å². The van der Waals surface area contributed by atoms with E-state index in [2.05, 4.69) is 0 Å². The van der Waals surface area contributed by atoms with E-state index >= 15 is 0 Å². The van der Waals surface area contributed by atoms with Gasteiger partial charge in [-0.1, -0.05) is 25.3 Å². The molecule has 146 valence electrons. The predicted octanol–water partition coefficient (Wildman–Crippen LogP) is 4.72. The van der Waals surface area contributed by atoms with Crippen LogP contribution in [0.4, 0.5) is 8.78 Å². The second-order valence-electron chi connectivity index (χ2n) is 6.97. The van der Waals surface area contributed by atoms with Crippen molar-refractivity contribution in [3.8, 4) is 0 Å². The summed E-state index contributed by atoms with van der Waals surface area (Å²) in [7, 11) is 0. The molecule has 0 spiro atoms. The molecule has 27 heavy (non-hydrogen) atoms. The predicted molar refractivity (Wildman–Crippen MR) is 96.4 cm³/mol. The molecule has 2 unspecified atom stereocenters. The number of rotatable bonds is 10. The van der Waals surface area contributed by atoms with Gasteiger partial charge in [-0.05, 0) is 49.5 Å². The quantitative estimate of drug-likeness (QED) is 0.363. The summed E-state index contributed by atoms with van der Waals surface area (Å²) in [5.41, 5.74) is 0.0736. The molecule has 1 fully saturated rings. The Morgan fingerprint density at radius 2 is 1.85 bits per heavy atom. The highest BCUT2D eigenvalue weighted by Crippen LogP contribution is 2.34. The van der Waals surface area contributed by atoms with Crippen LogP contribution in [0.5, 0.6) is 0 Å². The lowest BCUT2D eigenvalue weighted by molar-refractivity contribution is -0.137. The maximum atomic E-state index is 13.2. The highest BCUT2D eigenvalue weighted by molar-refractivity contribution is 6.04. The Kier molecular flexibility index (Phi) is 7.82.